The van der Waals surface area contributed by atoms with E-state index >= 15 is 0 Å². The van der Waals surface area contributed by atoms with Crippen LogP contribution in [0.1, 0.15) is 11.3 Å². The molecule has 5 nitrogen and oxygen atoms in total. The molecule has 0 spiro atoms. The van der Waals surface area contributed by atoms with Crippen molar-refractivity contribution in [3.63, 3.8) is 0 Å². The van der Waals surface area contributed by atoms with Gasteiger partial charge in [0.2, 0.25) is 5.91 Å². The number of aromatic nitrogens is 3. The van der Waals surface area contributed by atoms with Crippen LogP contribution in [0.25, 0.3) is 17.3 Å². The maximum atomic E-state index is 12.0. The van der Waals surface area contributed by atoms with E-state index in [4.69, 9.17) is 11.6 Å². The molecule has 3 rings (SSSR count). The third-order valence-electron chi connectivity index (χ3n) is 3.67. The number of hydrogen-bond acceptors (Lipinski definition) is 3. The van der Waals surface area contributed by atoms with Crippen LogP contribution in [0.2, 0.25) is 5.02 Å². The molecular formula is C19H17ClN4O. The summed E-state index contributed by atoms with van der Waals surface area (Å²) in [7, 11) is 1.87. The molecule has 1 N–H and O–H groups in total. The summed E-state index contributed by atoms with van der Waals surface area (Å²) >= 11 is 6.06. The van der Waals surface area contributed by atoms with Gasteiger partial charge < -0.3 is 5.32 Å². The minimum absolute atomic E-state index is 0.198. The highest BCUT2D eigenvalue weighted by Gasteiger charge is 2.08. The Balaban J connectivity index is 1.62. The van der Waals surface area contributed by atoms with E-state index in [1.54, 1.807) is 29.2 Å². The van der Waals surface area contributed by atoms with Gasteiger partial charge in [0.1, 0.15) is 0 Å². The van der Waals surface area contributed by atoms with Crippen molar-refractivity contribution in [2.24, 2.45) is 7.05 Å². The van der Waals surface area contributed by atoms with Gasteiger partial charge in [-0.25, -0.2) is 0 Å². The van der Waals surface area contributed by atoms with Crippen LogP contribution >= 0.6 is 11.6 Å². The van der Waals surface area contributed by atoms with E-state index < -0.39 is 0 Å². The van der Waals surface area contributed by atoms with Gasteiger partial charge >= 0.3 is 0 Å². The van der Waals surface area contributed by atoms with Crippen LogP contribution in [0, 0.1) is 0 Å². The first-order chi connectivity index (χ1) is 12.1. The Morgan fingerprint density at radius 2 is 2.00 bits per heavy atom. The van der Waals surface area contributed by atoms with E-state index in [-0.39, 0.29) is 5.91 Å². The van der Waals surface area contributed by atoms with Gasteiger partial charge in [-0.15, -0.1) is 0 Å². The Hall–Kier alpha value is -2.92. The molecule has 25 heavy (non-hydrogen) atoms. The molecule has 0 aliphatic rings. The highest BCUT2D eigenvalue weighted by molar-refractivity contribution is 6.32. The Bertz CT molecular complexity index is 903. The summed E-state index contributed by atoms with van der Waals surface area (Å²) < 4.78 is 1.79. The Morgan fingerprint density at radius 1 is 1.24 bits per heavy atom. The van der Waals surface area contributed by atoms with Gasteiger partial charge in [0.15, 0.2) is 0 Å². The summed E-state index contributed by atoms with van der Waals surface area (Å²) in [4.78, 5) is 16.0. The average Bonchev–Trinajstić information content (AvgIpc) is 3.01. The van der Waals surface area contributed by atoms with Crippen molar-refractivity contribution in [1.82, 2.24) is 20.1 Å². The van der Waals surface area contributed by atoms with Crippen LogP contribution in [-0.4, -0.2) is 20.7 Å². The van der Waals surface area contributed by atoms with Gasteiger partial charge in [-0.2, -0.15) is 5.10 Å². The molecule has 0 bridgehead atoms. The molecule has 3 aromatic rings. The first-order valence-corrected chi connectivity index (χ1v) is 8.15. The summed E-state index contributed by atoms with van der Waals surface area (Å²) in [6, 6.07) is 13.2. The number of rotatable bonds is 5. The minimum atomic E-state index is -0.198. The van der Waals surface area contributed by atoms with Crippen molar-refractivity contribution < 1.29 is 4.79 Å². The van der Waals surface area contributed by atoms with Gasteiger partial charge in [-0.3, -0.25) is 14.5 Å². The minimum Gasteiger partial charge on any atom is -0.347 e. The molecule has 0 aliphatic carbocycles. The molecule has 126 valence electrons. The quantitative estimate of drug-likeness (QED) is 0.715. The fourth-order valence-electron chi connectivity index (χ4n) is 2.42. The van der Waals surface area contributed by atoms with E-state index in [2.05, 4.69) is 15.4 Å². The van der Waals surface area contributed by atoms with Crippen molar-refractivity contribution >= 4 is 23.6 Å². The van der Waals surface area contributed by atoms with Crippen LogP contribution < -0.4 is 5.32 Å². The van der Waals surface area contributed by atoms with Gasteiger partial charge in [0, 0.05) is 36.1 Å². The Kier molecular flexibility index (Phi) is 5.26. The number of amides is 1. The molecule has 0 radical (unpaired) electrons. The molecule has 0 unspecified atom stereocenters. The average molecular weight is 353 g/mol. The third-order valence-corrected chi connectivity index (χ3v) is 4.01. The normalized spacial score (nSPS) is 11.0. The number of nitrogens with zero attached hydrogens (tertiary/aromatic N) is 3. The number of nitrogens with one attached hydrogen (secondary N) is 1. The summed E-state index contributed by atoms with van der Waals surface area (Å²) in [5.41, 5.74) is 3.59. The molecule has 1 aromatic carbocycles. The zero-order chi connectivity index (χ0) is 17.6. The van der Waals surface area contributed by atoms with Gasteiger partial charge in [-0.1, -0.05) is 29.8 Å². The predicted molar refractivity (Wildman–Crippen MR) is 98.8 cm³/mol. The van der Waals surface area contributed by atoms with Crippen molar-refractivity contribution in [1.29, 1.82) is 0 Å². The lowest BCUT2D eigenvalue weighted by atomic mass is 10.2. The molecule has 0 aliphatic heterocycles. The zero-order valence-corrected chi connectivity index (χ0v) is 14.4. The highest BCUT2D eigenvalue weighted by Crippen LogP contribution is 2.19. The number of carbonyl (C=O) groups excluding carboxylic acids is 1. The number of carbonyl (C=O) groups is 1. The Labute approximate surface area is 151 Å². The largest absolute Gasteiger partial charge is 0.347 e. The maximum Gasteiger partial charge on any atom is 0.244 e. The molecular weight excluding hydrogens is 336 g/mol. The molecule has 0 atom stereocenters. The second-order valence-corrected chi connectivity index (χ2v) is 5.86. The molecule has 2 aromatic heterocycles. The number of hydrogen-bond donors (Lipinski definition) is 1. The monoisotopic (exact) mass is 352 g/mol. The first kappa shape index (κ1) is 16.9. The standard InChI is InChI=1S/C19H17ClN4O/c1-24-18(15-8-10-21-11-9-15)12-16(23-24)13-22-19(25)7-6-14-4-2-3-5-17(14)20/h2-12H,13H2,1H3,(H,22,25)/b7-6+. The molecule has 0 fully saturated rings. The number of pyridine rings is 1. The van der Waals surface area contributed by atoms with Crippen molar-refractivity contribution in [3.8, 4) is 11.3 Å². The summed E-state index contributed by atoms with van der Waals surface area (Å²) in [6.45, 7) is 0.352. The van der Waals surface area contributed by atoms with E-state index in [1.165, 1.54) is 6.08 Å². The molecule has 0 saturated carbocycles. The van der Waals surface area contributed by atoms with Crippen LogP contribution in [0.5, 0.6) is 0 Å². The number of benzene rings is 1. The van der Waals surface area contributed by atoms with Gasteiger partial charge in [0.05, 0.1) is 17.9 Å². The smallest absolute Gasteiger partial charge is 0.244 e. The van der Waals surface area contributed by atoms with Crippen molar-refractivity contribution in [2.45, 2.75) is 6.54 Å². The lowest BCUT2D eigenvalue weighted by Crippen LogP contribution is -2.20. The summed E-state index contributed by atoms with van der Waals surface area (Å²) in [5.74, 6) is -0.198. The topological polar surface area (TPSA) is 59.8 Å². The zero-order valence-electron chi connectivity index (χ0n) is 13.7. The number of aryl methyl sites for hydroxylation is 1. The summed E-state index contributed by atoms with van der Waals surface area (Å²) in [6.07, 6.45) is 6.64. The Morgan fingerprint density at radius 3 is 2.76 bits per heavy atom. The lowest BCUT2D eigenvalue weighted by Gasteiger charge is -1.99. The van der Waals surface area contributed by atoms with Crippen LogP contribution in [-0.2, 0) is 18.4 Å². The van der Waals surface area contributed by atoms with Gasteiger partial charge in [0.25, 0.3) is 0 Å². The molecule has 6 heteroatoms. The molecule has 1 amide bonds. The number of halogens is 1. The van der Waals surface area contributed by atoms with E-state index in [1.807, 2.05) is 43.4 Å². The lowest BCUT2D eigenvalue weighted by molar-refractivity contribution is -0.116. The van der Waals surface area contributed by atoms with Crippen molar-refractivity contribution in [3.05, 3.63) is 77.2 Å². The maximum absolute atomic E-state index is 12.0. The second kappa shape index (κ2) is 7.77. The van der Waals surface area contributed by atoms with Crippen LogP contribution in [0.4, 0.5) is 0 Å². The fourth-order valence-corrected chi connectivity index (χ4v) is 2.62. The highest BCUT2D eigenvalue weighted by atomic mass is 35.5. The second-order valence-electron chi connectivity index (χ2n) is 5.45. The first-order valence-electron chi connectivity index (χ1n) is 7.77. The van der Waals surface area contributed by atoms with Gasteiger partial charge in [-0.05, 0) is 35.9 Å². The van der Waals surface area contributed by atoms with Crippen LogP contribution in [0.15, 0.2) is 60.9 Å². The SMILES string of the molecule is Cn1nc(CNC(=O)/C=C/c2ccccc2Cl)cc1-c1ccncc1. The third kappa shape index (κ3) is 4.33. The summed E-state index contributed by atoms with van der Waals surface area (Å²) in [5, 5.41) is 7.86. The molecule has 2 heterocycles. The van der Waals surface area contributed by atoms with Crippen molar-refractivity contribution in [2.75, 3.05) is 0 Å². The molecule has 0 saturated heterocycles. The fraction of sp³-hybridized carbons (Fsp3) is 0.105. The van der Waals surface area contributed by atoms with Crippen LogP contribution in [0.3, 0.4) is 0 Å². The predicted octanol–water partition coefficient (Wildman–Crippen LogP) is 3.47. The van der Waals surface area contributed by atoms with E-state index in [9.17, 15) is 4.79 Å². The van der Waals surface area contributed by atoms with E-state index in [0.29, 0.717) is 11.6 Å². The van der Waals surface area contributed by atoms with E-state index in [0.717, 1.165) is 22.5 Å².